The van der Waals surface area contributed by atoms with Gasteiger partial charge >= 0.3 is 0 Å². The summed E-state index contributed by atoms with van der Waals surface area (Å²) in [5.74, 6) is 1.26. The first-order valence-electron chi connectivity index (χ1n) is 7.31. The van der Waals surface area contributed by atoms with E-state index in [0.717, 1.165) is 23.4 Å². The molecule has 0 bridgehead atoms. The van der Waals surface area contributed by atoms with Gasteiger partial charge in [-0.05, 0) is 31.9 Å². The molecule has 0 saturated heterocycles. The molecule has 0 aliphatic rings. The number of imidazole rings is 1. The number of rotatable bonds is 5. The fraction of sp³-hybridized carbons (Fsp3) is 0.412. The van der Waals surface area contributed by atoms with Crippen molar-refractivity contribution in [3.8, 4) is 0 Å². The third-order valence-corrected chi connectivity index (χ3v) is 3.35. The van der Waals surface area contributed by atoms with Crippen LogP contribution in [0.2, 0.25) is 0 Å². The van der Waals surface area contributed by atoms with E-state index in [-0.39, 0.29) is 11.9 Å². The van der Waals surface area contributed by atoms with Crippen molar-refractivity contribution < 1.29 is 4.79 Å². The van der Waals surface area contributed by atoms with Gasteiger partial charge in [-0.2, -0.15) is 0 Å². The van der Waals surface area contributed by atoms with Crippen molar-refractivity contribution in [1.29, 1.82) is 0 Å². The minimum absolute atomic E-state index is 0.134. The van der Waals surface area contributed by atoms with E-state index in [1.165, 1.54) is 0 Å². The van der Waals surface area contributed by atoms with Gasteiger partial charge in [-0.3, -0.25) is 4.79 Å². The smallest absolute Gasteiger partial charge is 0.246 e. The van der Waals surface area contributed by atoms with Crippen LogP contribution in [-0.2, 0) is 11.3 Å². The van der Waals surface area contributed by atoms with Crippen LogP contribution in [0.15, 0.2) is 36.4 Å². The molecule has 0 saturated carbocycles. The minimum Gasteiger partial charge on any atom is -0.343 e. The topological polar surface area (TPSA) is 46.9 Å². The maximum absolute atomic E-state index is 11.8. The molecule has 2 aromatic rings. The summed E-state index contributed by atoms with van der Waals surface area (Å²) in [4.78, 5) is 16.5. The highest BCUT2D eigenvalue weighted by Gasteiger charge is 2.18. The third kappa shape index (κ3) is 3.32. The second-order valence-electron chi connectivity index (χ2n) is 5.94. The maximum Gasteiger partial charge on any atom is 0.246 e. The summed E-state index contributed by atoms with van der Waals surface area (Å²) in [6.07, 6.45) is 0. The Hall–Kier alpha value is -2.10. The van der Waals surface area contributed by atoms with Gasteiger partial charge in [0.05, 0.1) is 17.1 Å². The Bertz CT molecular complexity index is 670. The first-order chi connectivity index (χ1) is 9.90. The van der Waals surface area contributed by atoms with Gasteiger partial charge in [0.25, 0.3) is 0 Å². The molecule has 2 rings (SSSR count). The summed E-state index contributed by atoms with van der Waals surface area (Å²) in [6, 6.07) is 7.92. The summed E-state index contributed by atoms with van der Waals surface area (Å²) >= 11 is 0. The SMILES string of the molecule is C=C(C)C(=O)NC(C)c1nc2ccccc2n1CC(C)C. The molecular weight excluding hydrogens is 262 g/mol. The lowest BCUT2D eigenvalue weighted by Crippen LogP contribution is -2.29. The molecule has 1 aromatic carbocycles. The molecule has 4 nitrogen and oxygen atoms in total. The van der Waals surface area contributed by atoms with Gasteiger partial charge in [-0.1, -0.05) is 32.6 Å². The average Bonchev–Trinajstić information content (AvgIpc) is 2.77. The highest BCUT2D eigenvalue weighted by Crippen LogP contribution is 2.22. The Morgan fingerprint density at radius 3 is 2.62 bits per heavy atom. The normalized spacial score (nSPS) is 12.6. The van der Waals surface area contributed by atoms with Gasteiger partial charge in [0.2, 0.25) is 5.91 Å². The number of benzene rings is 1. The van der Waals surface area contributed by atoms with Crippen LogP contribution in [0.1, 0.15) is 39.6 Å². The molecule has 1 atom stereocenters. The summed E-state index contributed by atoms with van der Waals surface area (Å²) in [7, 11) is 0. The zero-order valence-corrected chi connectivity index (χ0v) is 13.2. The second-order valence-corrected chi connectivity index (χ2v) is 5.94. The van der Waals surface area contributed by atoms with Crippen LogP contribution >= 0.6 is 0 Å². The standard InChI is InChI=1S/C17H23N3O/c1-11(2)10-20-15-9-7-6-8-14(15)19-16(20)13(5)18-17(21)12(3)4/h6-9,11,13H,3,10H2,1-2,4-5H3,(H,18,21). The maximum atomic E-state index is 11.8. The van der Waals surface area contributed by atoms with Crippen LogP contribution in [0.5, 0.6) is 0 Å². The van der Waals surface area contributed by atoms with Gasteiger partial charge in [-0.25, -0.2) is 4.98 Å². The van der Waals surface area contributed by atoms with E-state index in [1.807, 2.05) is 25.1 Å². The zero-order chi connectivity index (χ0) is 15.6. The van der Waals surface area contributed by atoms with Crippen LogP contribution in [0.4, 0.5) is 0 Å². The van der Waals surface area contributed by atoms with Crippen molar-refractivity contribution in [1.82, 2.24) is 14.9 Å². The molecule has 112 valence electrons. The predicted octanol–water partition coefficient (Wildman–Crippen LogP) is 3.45. The van der Waals surface area contributed by atoms with Crippen LogP contribution in [0.25, 0.3) is 11.0 Å². The van der Waals surface area contributed by atoms with Crippen molar-refractivity contribution in [2.75, 3.05) is 0 Å². The Morgan fingerprint density at radius 1 is 1.33 bits per heavy atom. The van der Waals surface area contributed by atoms with E-state index in [2.05, 4.69) is 36.4 Å². The van der Waals surface area contributed by atoms with E-state index in [9.17, 15) is 4.79 Å². The molecule has 0 aliphatic carbocycles. The van der Waals surface area contributed by atoms with Gasteiger partial charge in [0.15, 0.2) is 0 Å². The molecule has 1 aromatic heterocycles. The lowest BCUT2D eigenvalue weighted by atomic mass is 10.2. The third-order valence-electron chi connectivity index (χ3n) is 3.35. The number of para-hydroxylation sites is 2. The number of aromatic nitrogens is 2. The fourth-order valence-electron chi connectivity index (χ4n) is 2.37. The Labute approximate surface area is 125 Å². The summed E-state index contributed by atoms with van der Waals surface area (Å²) in [5.41, 5.74) is 2.58. The number of amides is 1. The van der Waals surface area contributed by atoms with E-state index >= 15 is 0 Å². The Morgan fingerprint density at radius 2 is 2.00 bits per heavy atom. The summed E-state index contributed by atoms with van der Waals surface area (Å²) in [5, 5.41) is 2.95. The van der Waals surface area contributed by atoms with Crippen LogP contribution in [0.3, 0.4) is 0 Å². The molecule has 1 N–H and O–H groups in total. The fourth-order valence-corrected chi connectivity index (χ4v) is 2.37. The van der Waals surface area contributed by atoms with E-state index in [1.54, 1.807) is 6.92 Å². The monoisotopic (exact) mass is 285 g/mol. The lowest BCUT2D eigenvalue weighted by Gasteiger charge is -2.17. The molecule has 0 radical (unpaired) electrons. The van der Waals surface area contributed by atoms with Crippen molar-refractivity contribution in [3.63, 3.8) is 0 Å². The van der Waals surface area contributed by atoms with Gasteiger partial charge in [-0.15, -0.1) is 0 Å². The van der Waals surface area contributed by atoms with Crippen LogP contribution in [-0.4, -0.2) is 15.5 Å². The number of fused-ring (bicyclic) bond motifs is 1. The molecule has 0 spiro atoms. The van der Waals surface area contributed by atoms with Gasteiger partial charge in [0, 0.05) is 12.1 Å². The van der Waals surface area contributed by atoms with E-state index in [0.29, 0.717) is 11.5 Å². The molecule has 1 unspecified atom stereocenters. The molecule has 4 heteroatoms. The van der Waals surface area contributed by atoms with Crippen LogP contribution < -0.4 is 5.32 Å². The molecular formula is C17H23N3O. The molecule has 1 heterocycles. The highest BCUT2D eigenvalue weighted by atomic mass is 16.1. The zero-order valence-electron chi connectivity index (χ0n) is 13.2. The van der Waals surface area contributed by atoms with Crippen molar-refractivity contribution >= 4 is 16.9 Å². The number of carbonyl (C=O) groups is 1. The first kappa shape index (κ1) is 15.3. The largest absolute Gasteiger partial charge is 0.343 e. The summed E-state index contributed by atoms with van der Waals surface area (Å²) < 4.78 is 2.20. The number of hydrogen-bond acceptors (Lipinski definition) is 2. The number of hydrogen-bond donors (Lipinski definition) is 1. The van der Waals surface area contributed by atoms with Crippen molar-refractivity contribution in [2.45, 2.75) is 40.3 Å². The quantitative estimate of drug-likeness (QED) is 0.855. The number of nitrogens with one attached hydrogen (secondary N) is 1. The van der Waals surface area contributed by atoms with E-state index in [4.69, 9.17) is 4.98 Å². The Kier molecular flexibility index (Phi) is 4.46. The minimum atomic E-state index is -0.152. The van der Waals surface area contributed by atoms with Gasteiger partial charge < -0.3 is 9.88 Å². The molecule has 0 fully saturated rings. The average molecular weight is 285 g/mol. The van der Waals surface area contributed by atoms with Crippen LogP contribution in [0, 0.1) is 5.92 Å². The second kappa shape index (κ2) is 6.12. The molecule has 1 amide bonds. The molecule has 21 heavy (non-hydrogen) atoms. The summed E-state index contributed by atoms with van der Waals surface area (Å²) in [6.45, 7) is 12.6. The van der Waals surface area contributed by atoms with Crippen molar-refractivity contribution in [3.05, 3.63) is 42.2 Å². The van der Waals surface area contributed by atoms with Gasteiger partial charge in [0.1, 0.15) is 5.82 Å². The lowest BCUT2D eigenvalue weighted by molar-refractivity contribution is -0.118. The molecule has 0 aliphatic heterocycles. The number of carbonyl (C=O) groups excluding carboxylic acids is 1. The predicted molar refractivity (Wildman–Crippen MR) is 85.9 cm³/mol. The van der Waals surface area contributed by atoms with Crippen molar-refractivity contribution in [2.24, 2.45) is 5.92 Å². The highest BCUT2D eigenvalue weighted by molar-refractivity contribution is 5.92. The van der Waals surface area contributed by atoms with E-state index < -0.39 is 0 Å². The number of nitrogens with zero attached hydrogens (tertiary/aromatic N) is 2. The Balaban J connectivity index is 2.41. The first-order valence-corrected chi connectivity index (χ1v) is 7.31.